The Labute approximate surface area is 117 Å². The molecular weight excluding hydrogens is 318 g/mol. The normalized spacial score (nSPS) is 12.7. The summed E-state index contributed by atoms with van der Waals surface area (Å²) in [6.07, 6.45) is 0.305. The number of aliphatic hydroxyl groups is 1. The van der Waals surface area contributed by atoms with Gasteiger partial charge in [0.15, 0.2) is 0 Å². The summed E-state index contributed by atoms with van der Waals surface area (Å²) in [6, 6.07) is 4.94. The van der Waals surface area contributed by atoms with Gasteiger partial charge in [-0.25, -0.2) is 13.1 Å². The van der Waals surface area contributed by atoms with Gasteiger partial charge in [0.1, 0.15) is 0 Å². The third-order valence-electron chi connectivity index (χ3n) is 2.13. The van der Waals surface area contributed by atoms with Crippen LogP contribution in [0, 0.1) is 0 Å². The molecule has 2 N–H and O–H groups in total. The van der Waals surface area contributed by atoms with Crippen molar-refractivity contribution in [1.82, 2.24) is 4.72 Å². The van der Waals surface area contributed by atoms with E-state index in [1.54, 1.807) is 39.0 Å². The molecule has 18 heavy (non-hydrogen) atoms. The van der Waals surface area contributed by atoms with Crippen LogP contribution in [0.5, 0.6) is 0 Å². The lowest BCUT2D eigenvalue weighted by Crippen LogP contribution is -2.40. The number of rotatable bonds is 4. The van der Waals surface area contributed by atoms with Gasteiger partial charge in [-0.2, -0.15) is 0 Å². The van der Waals surface area contributed by atoms with Crippen LogP contribution in [0.2, 0.25) is 0 Å². The van der Waals surface area contributed by atoms with Crippen molar-refractivity contribution in [2.24, 2.45) is 0 Å². The van der Waals surface area contributed by atoms with Crippen LogP contribution in [0.25, 0.3) is 0 Å². The maximum absolute atomic E-state index is 12.2. The second-order valence-electron chi connectivity index (χ2n) is 5.08. The standard InChI is InChI=1S/C12H18BrNO3S/c1-12(2,3)14-18(16,17)11-5-4-10(13)8-9(11)6-7-15/h4-5,8,14-15H,6-7H2,1-3H3. The van der Waals surface area contributed by atoms with E-state index in [2.05, 4.69) is 20.7 Å². The Hall–Kier alpha value is -0.430. The van der Waals surface area contributed by atoms with E-state index in [0.29, 0.717) is 12.0 Å². The Balaban J connectivity index is 3.23. The molecule has 0 amide bonds. The Morgan fingerprint density at radius 3 is 2.44 bits per heavy atom. The summed E-state index contributed by atoms with van der Waals surface area (Å²) >= 11 is 3.30. The third-order valence-corrected chi connectivity index (χ3v) is 4.49. The molecule has 0 heterocycles. The van der Waals surface area contributed by atoms with E-state index in [0.717, 1.165) is 4.47 Å². The van der Waals surface area contributed by atoms with E-state index in [4.69, 9.17) is 5.11 Å². The van der Waals surface area contributed by atoms with Gasteiger partial charge in [-0.05, 0) is 51.0 Å². The predicted molar refractivity (Wildman–Crippen MR) is 75.0 cm³/mol. The first-order valence-corrected chi connectivity index (χ1v) is 7.86. The van der Waals surface area contributed by atoms with Crippen molar-refractivity contribution in [2.45, 2.75) is 37.6 Å². The van der Waals surface area contributed by atoms with Crippen molar-refractivity contribution in [1.29, 1.82) is 0 Å². The first-order valence-electron chi connectivity index (χ1n) is 5.59. The zero-order chi connectivity index (χ0) is 14.0. The lowest BCUT2D eigenvalue weighted by Gasteiger charge is -2.21. The molecule has 0 saturated carbocycles. The number of sulfonamides is 1. The molecule has 0 aliphatic carbocycles. The second-order valence-corrected chi connectivity index (χ2v) is 7.65. The smallest absolute Gasteiger partial charge is 0.241 e. The van der Waals surface area contributed by atoms with Gasteiger partial charge in [0.2, 0.25) is 10.0 Å². The van der Waals surface area contributed by atoms with Gasteiger partial charge in [-0.3, -0.25) is 0 Å². The highest BCUT2D eigenvalue weighted by Crippen LogP contribution is 2.22. The molecular formula is C12H18BrNO3S. The van der Waals surface area contributed by atoms with Crippen molar-refractivity contribution in [3.05, 3.63) is 28.2 Å². The van der Waals surface area contributed by atoms with Crippen LogP contribution in [-0.4, -0.2) is 25.7 Å². The maximum Gasteiger partial charge on any atom is 0.241 e. The molecule has 1 rings (SSSR count). The van der Waals surface area contributed by atoms with E-state index >= 15 is 0 Å². The molecule has 0 atom stereocenters. The molecule has 0 bridgehead atoms. The quantitative estimate of drug-likeness (QED) is 0.885. The number of aliphatic hydroxyl groups excluding tert-OH is 1. The highest BCUT2D eigenvalue weighted by atomic mass is 79.9. The number of halogens is 1. The van der Waals surface area contributed by atoms with Crippen LogP contribution in [-0.2, 0) is 16.4 Å². The largest absolute Gasteiger partial charge is 0.396 e. The summed E-state index contributed by atoms with van der Waals surface area (Å²) in [7, 11) is -3.57. The topological polar surface area (TPSA) is 66.4 Å². The van der Waals surface area contributed by atoms with Crippen LogP contribution in [0.3, 0.4) is 0 Å². The molecule has 1 aromatic rings. The van der Waals surface area contributed by atoms with Crippen molar-refractivity contribution >= 4 is 26.0 Å². The van der Waals surface area contributed by atoms with Gasteiger partial charge in [-0.1, -0.05) is 15.9 Å². The second kappa shape index (κ2) is 5.69. The molecule has 0 aromatic heterocycles. The summed E-state index contributed by atoms with van der Waals surface area (Å²) < 4.78 is 27.9. The molecule has 1 aromatic carbocycles. The number of nitrogens with one attached hydrogen (secondary N) is 1. The van der Waals surface area contributed by atoms with Crippen molar-refractivity contribution in [3.63, 3.8) is 0 Å². The molecule has 4 nitrogen and oxygen atoms in total. The number of hydrogen-bond acceptors (Lipinski definition) is 3. The molecule has 0 radical (unpaired) electrons. The molecule has 0 aliphatic heterocycles. The third kappa shape index (κ3) is 4.35. The number of hydrogen-bond donors (Lipinski definition) is 2. The van der Waals surface area contributed by atoms with Crippen LogP contribution in [0.15, 0.2) is 27.6 Å². The van der Waals surface area contributed by atoms with Crippen LogP contribution in [0.4, 0.5) is 0 Å². The minimum atomic E-state index is -3.57. The molecule has 6 heteroatoms. The minimum Gasteiger partial charge on any atom is -0.396 e. The Kier molecular flexibility index (Phi) is 4.94. The van der Waals surface area contributed by atoms with E-state index in [1.807, 2.05) is 0 Å². The molecule has 0 saturated heterocycles. The van der Waals surface area contributed by atoms with Gasteiger partial charge in [0, 0.05) is 16.6 Å². The highest BCUT2D eigenvalue weighted by Gasteiger charge is 2.24. The average molecular weight is 336 g/mol. The van der Waals surface area contributed by atoms with Crippen molar-refractivity contribution < 1.29 is 13.5 Å². The van der Waals surface area contributed by atoms with E-state index in [1.165, 1.54) is 0 Å². The lowest BCUT2D eigenvalue weighted by molar-refractivity contribution is 0.298. The monoisotopic (exact) mass is 335 g/mol. The fourth-order valence-electron chi connectivity index (χ4n) is 1.58. The average Bonchev–Trinajstić information content (AvgIpc) is 2.13. The van der Waals surface area contributed by atoms with Gasteiger partial charge in [-0.15, -0.1) is 0 Å². The van der Waals surface area contributed by atoms with Crippen LogP contribution in [0.1, 0.15) is 26.3 Å². The van der Waals surface area contributed by atoms with E-state index in [9.17, 15) is 8.42 Å². The fourth-order valence-corrected chi connectivity index (χ4v) is 3.66. The van der Waals surface area contributed by atoms with Crippen molar-refractivity contribution in [2.75, 3.05) is 6.61 Å². The molecule has 0 unspecified atom stereocenters. The number of benzene rings is 1. The summed E-state index contributed by atoms with van der Waals surface area (Å²) in [5.74, 6) is 0. The lowest BCUT2D eigenvalue weighted by atomic mass is 10.1. The van der Waals surface area contributed by atoms with E-state index in [-0.39, 0.29) is 11.5 Å². The SMILES string of the molecule is CC(C)(C)NS(=O)(=O)c1ccc(Br)cc1CCO. The zero-order valence-electron chi connectivity index (χ0n) is 10.7. The Morgan fingerprint density at radius 2 is 1.94 bits per heavy atom. The summed E-state index contributed by atoms with van der Waals surface area (Å²) in [4.78, 5) is 0.217. The highest BCUT2D eigenvalue weighted by molar-refractivity contribution is 9.10. The summed E-state index contributed by atoms with van der Waals surface area (Å²) in [5, 5.41) is 9.00. The first-order chi connectivity index (χ1) is 8.15. The zero-order valence-corrected chi connectivity index (χ0v) is 13.1. The summed E-state index contributed by atoms with van der Waals surface area (Å²) in [5.41, 5.74) is 0.0613. The summed E-state index contributed by atoms with van der Waals surface area (Å²) in [6.45, 7) is 5.27. The Morgan fingerprint density at radius 1 is 1.33 bits per heavy atom. The fraction of sp³-hybridized carbons (Fsp3) is 0.500. The molecule has 0 spiro atoms. The molecule has 0 aliphatic rings. The predicted octanol–water partition coefficient (Wildman–Crippen LogP) is 2.06. The van der Waals surface area contributed by atoms with Crippen LogP contribution >= 0.6 is 15.9 Å². The van der Waals surface area contributed by atoms with Gasteiger partial charge < -0.3 is 5.11 Å². The minimum absolute atomic E-state index is 0.0888. The Bertz CT molecular complexity index is 521. The van der Waals surface area contributed by atoms with E-state index < -0.39 is 15.6 Å². The van der Waals surface area contributed by atoms with Gasteiger partial charge >= 0.3 is 0 Å². The maximum atomic E-state index is 12.2. The van der Waals surface area contributed by atoms with Crippen LogP contribution < -0.4 is 4.72 Å². The van der Waals surface area contributed by atoms with Gasteiger partial charge in [0.25, 0.3) is 0 Å². The molecule has 102 valence electrons. The van der Waals surface area contributed by atoms with Gasteiger partial charge in [0.05, 0.1) is 4.90 Å². The first kappa shape index (κ1) is 15.6. The van der Waals surface area contributed by atoms with Crippen molar-refractivity contribution in [3.8, 4) is 0 Å². The molecule has 0 fully saturated rings.